The summed E-state index contributed by atoms with van der Waals surface area (Å²) in [6.07, 6.45) is 0. The molecule has 0 saturated heterocycles. The summed E-state index contributed by atoms with van der Waals surface area (Å²) in [5.74, 6) is 0.267. The zero-order valence-corrected chi connectivity index (χ0v) is 11.7. The van der Waals surface area contributed by atoms with Gasteiger partial charge in [-0.15, -0.1) is 0 Å². The van der Waals surface area contributed by atoms with Crippen molar-refractivity contribution in [3.63, 3.8) is 0 Å². The van der Waals surface area contributed by atoms with E-state index in [4.69, 9.17) is 16.0 Å². The minimum absolute atomic E-state index is 0.276. The summed E-state index contributed by atoms with van der Waals surface area (Å²) in [5.41, 5.74) is 2.21. The summed E-state index contributed by atoms with van der Waals surface area (Å²) in [4.78, 5) is 0. The maximum Gasteiger partial charge on any atom is 0.170 e. The lowest BCUT2D eigenvalue weighted by atomic mass is 10.0. The number of halogens is 2. The summed E-state index contributed by atoms with van der Waals surface area (Å²) < 4.78 is 19.4. The zero-order valence-electron chi connectivity index (χ0n) is 10.9. The quantitative estimate of drug-likeness (QED) is 0.761. The van der Waals surface area contributed by atoms with E-state index in [0.717, 1.165) is 16.5 Å². The van der Waals surface area contributed by atoms with Crippen molar-refractivity contribution in [2.45, 2.75) is 6.54 Å². The highest BCUT2D eigenvalue weighted by Crippen LogP contribution is 2.32. The van der Waals surface area contributed by atoms with Crippen LogP contribution in [0.5, 0.6) is 0 Å². The molecule has 0 spiro atoms. The average Bonchev–Trinajstić information content (AvgIpc) is 2.86. The van der Waals surface area contributed by atoms with Gasteiger partial charge >= 0.3 is 0 Å². The van der Waals surface area contributed by atoms with Gasteiger partial charge in [-0.3, -0.25) is 0 Å². The Balaban J connectivity index is 2.19. The molecule has 3 aromatic rings. The van der Waals surface area contributed by atoms with Crippen LogP contribution >= 0.6 is 11.6 Å². The van der Waals surface area contributed by atoms with E-state index in [1.165, 1.54) is 6.07 Å². The second-order valence-corrected chi connectivity index (χ2v) is 5.04. The Hall–Kier alpha value is -1.84. The van der Waals surface area contributed by atoms with Crippen LogP contribution in [0.3, 0.4) is 0 Å². The Kier molecular flexibility index (Phi) is 3.47. The molecule has 20 heavy (non-hydrogen) atoms. The molecule has 102 valence electrons. The third-order valence-corrected chi connectivity index (χ3v) is 3.44. The van der Waals surface area contributed by atoms with Crippen LogP contribution in [0.25, 0.3) is 22.3 Å². The van der Waals surface area contributed by atoms with Crippen molar-refractivity contribution in [3.05, 3.63) is 58.9 Å². The fourth-order valence-electron chi connectivity index (χ4n) is 2.28. The normalized spacial score (nSPS) is 11.2. The van der Waals surface area contributed by atoms with Crippen molar-refractivity contribution in [2.24, 2.45) is 0 Å². The zero-order chi connectivity index (χ0) is 14.1. The molecule has 1 aromatic heterocycles. The van der Waals surface area contributed by atoms with E-state index in [0.29, 0.717) is 17.3 Å². The Morgan fingerprint density at radius 3 is 2.80 bits per heavy atom. The number of nitrogens with one attached hydrogen (secondary N) is 1. The van der Waals surface area contributed by atoms with E-state index < -0.39 is 0 Å². The van der Waals surface area contributed by atoms with Gasteiger partial charge in [-0.25, -0.2) is 4.39 Å². The molecular formula is C16H13ClFNO. The summed E-state index contributed by atoms with van der Waals surface area (Å²) in [5, 5.41) is 4.47. The van der Waals surface area contributed by atoms with Gasteiger partial charge in [0.1, 0.15) is 5.76 Å². The molecule has 2 aromatic carbocycles. The molecule has 0 bridgehead atoms. The molecular weight excluding hydrogens is 277 g/mol. The van der Waals surface area contributed by atoms with Gasteiger partial charge in [0.2, 0.25) is 0 Å². The third-order valence-electron chi connectivity index (χ3n) is 3.20. The first-order valence-electron chi connectivity index (χ1n) is 6.30. The van der Waals surface area contributed by atoms with Gasteiger partial charge in [0.25, 0.3) is 0 Å². The highest BCUT2D eigenvalue weighted by molar-refractivity contribution is 6.30. The Bertz CT molecular complexity index is 766. The van der Waals surface area contributed by atoms with E-state index in [-0.39, 0.29) is 11.4 Å². The van der Waals surface area contributed by atoms with Crippen molar-refractivity contribution in [3.8, 4) is 11.3 Å². The lowest BCUT2D eigenvalue weighted by molar-refractivity contribution is 0.568. The minimum Gasteiger partial charge on any atom is -0.453 e. The largest absolute Gasteiger partial charge is 0.453 e. The lowest BCUT2D eigenvalue weighted by Crippen LogP contribution is -2.06. The number of furan rings is 1. The molecule has 0 aliphatic heterocycles. The van der Waals surface area contributed by atoms with Gasteiger partial charge in [0, 0.05) is 22.5 Å². The second-order valence-electron chi connectivity index (χ2n) is 4.60. The highest BCUT2D eigenvalue weighted by Gasteiger charge is 2.13. The fourth-order valence-corrected chi connectivity index (χ4v) is 2.46. The number of para-hydroxylation sites is 1. The van der Waals surface area contributed by atoms with E-state index in [9.17, 15) is 4.39 Å². The van der Waals surface area contributed by atoms with E-state index in [1.54, 1.807) is 6.07 Å². The standard InChI is InChI=1S/C16H13ClFNO/c1-19-9-11-5-6-12(17)8-13(11)15-7-10-3-2-4-14(18)16(10)20-15/h2-8,19H,9H2,1H3. The number of hydrogen-bond donors (Lipinski definition) is 1. The smallest absolute Gasteiger partial charge is 0.170 e. The molecule has 4 heteroatoms. The molecule has 2 nitrogen and oxygen atoms in total. The molecule has 0 atom stereocenters. The molecule has 1 N–H and O–H groups in total. The van der Waals surface area contributed by atoms with Crippen LogP contribution in [-0.4, -0.2) is 7.05 Å². The van der Waals surface area contributed by atoms with Gasteiger partial charge in [-0.05, 0) is 36.9 Å². The molecule has 0 saturated carbocycles. The SMILES string of the molecule is CNCc1ccc(Cl)cc1-c1cc2cccc(F)c2o1. The highest BCUT2D eigenvalue weighted by atomic mass is 35.5. The van der Waals surface area contributed by atoms with E-state index >= 15 is 0 Å². The van der Waals surface area contributed by atoms with Crippen LogP contribution in [0.15, 0.2) is 46.9 Å². The van der Waals surface area contributed by atoms with Gasteiger partial charge in [0.05, 0.1) is 0 Å². The van der Waals surface area contributed by atoms with Crippen molar-refractivity contribution in [1.82, 2.24) is 5.32 Å². The van der Waals surface area contributed by atoms with Crippen LogP contribution in [0.4, 0.5) is 4.39 Å². The van der Waals surface area contributed by atoms with Gasteiger partial charge in [0.15, 0.2) is 11.4 Å². The number of rotatable bonds is 3. The Labute approximate surface area is 121 Å². The monoisotopic (exact) mass is 289 g/mol. The number of fused-ring (bicyclic) bond motifs is 1. The molecule has 0 fully saturated rings. The Morgan fingerprint density at radius 1 is 1.20 bits per heavy atom. The lowest BCUT2D eigenvalue weighted by Gasteiger charge is -2.07. The third kappa shape index (κ3) is 2.30. The predicted octanol–water partition coefficient (Wildman–Crippen LogP) is 4.61. The van der Waals surface area contributed by atoms with Crippen molar-refractivity contribution in [2.75, 3.05) is 7.05 Å². The fraction of sp³-hybridized carbons (Fsp3) is 0.125. The van der Waals surface area contributed by atoms with E-state index in [2.05, 4.69) is 5.32 Å². The molecule has 3 rings (SSSR count). The first-order chi connectivity index (χ1) is 9.69. The van der Waals surface area contributed by atoms with E-state index in [1.807, 2.05) is 37.4 Å². The van der Waals surface area contributed by atoms with Gasteiger partial charge in [-0.1, -0.05) is 29.8 Å². The second kappa shape index (κ2) is 5.27. The average molecular weight is 290 g/mol. The molecule has 1 heterocycles. The number of benzene rings is 2. The molecule has 0 radical (unpaired) electrons. The topological polar surface area (TPSA) is 25.2 Å². The van der Waals surface area contributed by atoms with Crippen LogP contribution in [0.2, 0.25) is 5.02 Å². The van der Waals surface area contributed by atoms with Crippen LogP contribution in [0.1, 0.15) is 5.56 Å². The number of hydrogen-bond acceptors (Lipinski definition) is 2. The molecule has 0 aliphatic rings. The van der Waals surface area contributed by atoms with Crippen LogP contribution in [0, 0.1) is 5.82 Å². The summed E-state index contributed by atoms with van der Waals surface area (Å²) in [6, 6.07) is 12.3. The first-order valence-corrected chi connectivity index (χ1v) is 6.68. The maximum atomic E-state index is 13.7. The van der Waals surface area contributed by atoms with Gasteiger partial charge < -0.3 is 9.73 Å². The predicted molar refractivity (Wildman–Crippen MR) is 79.4 cm³/mol. The van der Waals surface area contributed by atoms with Crippen molar-refractivity contribution >= 4 is 22.6 Å². The summed E-state index contributed by atoms with van der Waals surface area (Å²) in [7, 11) is 1.87. The molecule has 0 unspecified atom stereocenters. The van der Waals surface area contributed by atoms with Crippen LogP contribution in [-0.2, 0) is 6.54 Å². The first kappa shape index (κ1) is 13.2. The van der Waals surface area contributed by atoms with Gasteiger partial charge in [-0.2, -0.15) is 0 Å². The minimum atomic E-state index is -0.356. The summed E-state index contributed by atoms with van der Waals surface area (Å²) >= 11 is 6.06. The van der Waals surface area contributed by atoms with Crippen LogP contribution < -0.4 is 5.32 Å². The Morgan fingerprint density at radius 2 is 2.05 bits per heavy atom. The van der Waals surface area contributed by atoms with Crippen molar-refractivity contribution < 1.29 is 8.81 Å². The molecule has 0 amide bonds. The molecule has 0 aliphatic carbocycles. The maximum absolute atomic E-state index is 13.7. The summed E-state index contributed by atoms with van der Waals surface area (Å²) in [6.45, 7) is 0.687. The van der Waals surface area contributed by atoms with Crippen molar-refractivity contribution in [1.29, 1.82) is 0 Å².